The number of hydrogen-bond donors (Lipinski definition) is 4. The molecule has 20 heavy (non-hydrogen) atoms. The van der Waals surface area contributed by atoms with Crippen molar-refractivity contribution in [3.8, 4) is 0 Å². The summed E-state index contributed by atoms with van der Waals surface area (Å²) in [5.41, 5.74) is 12.7. The highest BCUT2D eigenvalue weighted by Crippen LogP contribution is 2.20. The largest absolute Gasteiger partial charge is 0.386 e. The van der Waals surface area contributed by atoms with Crippen molar-refractivity contribution in [2.45, 2.75) is 32.0 Å². The lowest BCUT2D eigenvalue weighted by molar-refractivity contribution is -0.166. The molecule has 0 saturated carbocycles. The van der Waals surface area contributed by atoms with Crippen LogP contribution in [0.1, 0.15) is 13.8 Å². The van der Waals surface area contributed by atoms with Crippen molar-refractivity contribution in [2.24, 2.45) is 11.5 Å². The minimum Gasteiger partial charge on any atom is -0.386 e. The van der Waals surface area contributed by atoms with Gasteiger partial charge in [0, 0.05) is 17.7 Å². The summed E-state index contributed by atoms with van der Waals surface area (Å²) in [5, 5.41) is 13.8. The van der Waals surface area contributed by atoms with Crippen LogP contribution in [0.5, 0.6) is 0 Å². The number of nitrogens with one attached hydrogen (secondary N) is 1. The van der Waals surface area contributed by atoms with Gasteiger partial charge in [-0.15, -0.1) is 0 Å². The SMILES string of the molecule is CC(C1=CC=CC1N)N(O)C(=O)C1=C[C@H](C)NC(N)=C1. The van der Waals surface area contributed by atoms with Crippen molar-refractivity contribution in [1.29, 1.82) is 0 Å². The van der Waals surface area contributed by atoms with Crippen LogP contribution in [0.15, 0.2) is 47.3 Å². The fraction of sp³-hybridized carbons (Fsp3) is 0.357. The predicted octanol–water partition coefficient (Wildman–Crippen LogP) is 0.134. The Balaban J connectivity index is 2.13. The molecule has 6 heteroatoms. The second-order valence-electron chi connectivity index (χ2n) is 5.06. The first-order valence-electron chi connectivity index (χ1n) is 6.52. The Labute approximate surface area is 118 Å². The lowest BCUT2D eigenvalue weighted by atomic mass is 10.0. The van der Waals surface area contributed by atoms with E-state index in [4.69, 9.17) is 11.5 Å². The maximum absolute atomic E-state index is 12.3. The third-order valence-electron chi connectivity index (χ3n) is 3.43. The average Bonchev–Trinajstić information content (AvgIpc) is 2.81. The zero-order valence-electron chi connectivity index (χ0n) is 11.6. The molecular weight excluding hydrogens is 256 g/mol. The van der Waals surface area contributed by atoms with Crippen LogP contribution in [0.3, 0.4) is 0 Å². The van der Waals surface area contributed by atoms with Gasteiger partial charge in [-0.1, -0.05) is 18.2 Å². The molecule has 2 rings (SSSR count). The fourth-order valence-electron chi connectivity index (χ4n) is 2.34. The molecule has 108 valence electrons. The van der Waals surface area contributed by atoms with Gasteiger partial charge < -0.3 is 16.8 Å². The van der Waals surface area contributed by atoms with E-state index in [2.05, 4.69) is 5.32 Å². The molecule has 0 saturated heterocycles. The summed E-state index contributed by atoms with van der Waals surface area (Å²) >= 11 is 0. The molecule has 0 aromatic heterocycles. The van der Waals surface area contributed by atoms with Gasteiger partial charge in [-0.3, -0.25) is 10.0 Å². The van der Waals surface area contributed by atoms with Crippen molar-refractivity contribution < 1.29 is 10.0 Å². The number of dihydropyridines is 1. The number of nitrogens with zero attached hydrogens (tertiary/aromatic N) is 1. The zero-order chi connectivity index (χ0) is 14.9. The summed E-state index contributed by atoms with van der Waals surface area (Å²) in [6.45, 7) is 3.60. The van der Waals surface area contributed by atoms with Gasteiger partial charge in [0.15, 0.2) is 0 Å². The first-order chi connectivity index (χ1) is 9.40. The van der Waals surface area contributed by atoms with E-state index >= 15 is 0 Å². The lowest BCUT2D eigenvalue weighted by Gasteiger charge is -2.27. The first kappa shape index (κ1) is 14.4. The van der Waals surface area contributed by atoms with Gasteiger partial charge in [0.2, 0.25) is 0 Å². The monoisotopic (exact) mass is 276 g/mol. The van der Waals surface area contributed by atoms with Crippen LogP contribution in [0.25, 0.3) is 0 Å². The quantitative estimate of drug-likeness (QED) is 0.433. The molecule has 1 aliphatic heterocycles. The van der Waals surface area contributed by atoms with Crippen LogP contribution in [-0.4, -0.2) is 34.3 Å². The summed E-state index contributed by atoms with van der Waals surface area (Å²) in [6.07, 6.45) is 8.68. The summed E-state index contributed by atoms with van der Waals surface area (Å²) in [5.74, 6) is -0.0864. The topological polar surface area (TPSA) is 105 Å². The van der Waals surface area contributed by atoms with Gasteiger partial charge in [-0.25, -0.2) is 5.06 Å². The molecule has 3 atom stereocenters. The van der Waals surface area contributed by atoms with Gasteiger partial charge in [0.05, 0.1) is 11.9 Å². The van der Waals surface area contributed by atoms with E-state index in [9.17, 15) is 10.0 Å². The van der Waals surface area contributed by atoms with Crippen molar-refractivity contribution in [2.75, 3.05) is 0 Å². The molecule has 1 amide bonds. The van der Waals surface area contributed by atoms with Gasteiger partial charge in [0.25, 0.3) is 5.91 Å². The molecule has 6 nitrogen and oxygen atoms in total. The van der Waals surface area contributed by atoms with Crippen molar-refractivity contribution in [3.63, 3.8) is 0 Å². The average molecular weight is 276 g/mol. The van der Waals surface area contributed by atoms with Crippen molar-refractivity contribution in [1.82, 2.24) is 10.4 Å². The molecule has 2 unspecified atom stereocenters. The summed E-state index contributed by atoms with van der Waals surface area (Å²) in [6, 6.07) is -0.820. The molecule has 0 fully saturated rings. The molecule has 0 radical (unpaired) electrons. The van der Waals surface area contributed by atoms with E-state index in [0.717, 1.165) is 5.57 Å². The minimum absolute atomic E-state index is 0.0581. The fourth-order valence-corrected chi connectivity index (χ4v) is 2.34. The van der Waals surface area contributed by atoms with E-state index in [-0.39, 0.29) is 12.1 Å². The molecule has 1 heterocycles. The van der Waals surface area contributed by atoms with Gasteiger partial charge in [0.1, 0.15) is 0 Å². The second-order valence-corrected chi connectivity index (χ2v) is 5.06. The maximum Gasteiger partial charge on any atom is 0.277 e. The van der Waals surface area contributed by atoms with E-state index in [1.165, 1.54) is 6.08 Å². The third kappa shape index (κ3) is 2.76. The Bertz CT molecular complexity index is 533. The van der Waals surface area contributed by atoms with Crippen LogP contribution < -0.4 is 16.8 Å². The number of hydrogen-bond acceptors (Lipinski definition) is 5. The summed E-state index contributed by atoms with van der Waals surface area (Å²) in [4.78, 5) is 12.3. The number of rotatable bonds is 3. The highest BCUT2D eigenvalue weighted by Gasteiger charge is 2.28. The van der Waals surface area contributed by atoms with Crippen molar-refractivity contribution >= 4 is 5.91 Å². The van der Waals surface area contributed by atoms with Gasteiger partial charge in [-0.2, -0.15) is 0 Å². The number of carbonyl (C=O) groups is 1. The molecule has 0 bridgehead atoms. The van der Waals surface area contributed by atoms with Crippen molar-refractivity contribution in [3.05, 3.63) is 47.3 Å². The second kappa shape index (κ2) is 5.52. The predicted molar refractivity (Wildman–Crippen MR) is 76.2 cm³/mol. The summed E-state index contributed by atoms with van der Waals surface area (Å²) in [7, 11) is 0. The van der Waals surface area contributed by atoms with Gasteiger partial charge in [-0.05, 0) is 31.6 Å². The van der Waals surface area contributed by atoms with Crippen LogP contribution in [0.4, 0.5) is 0 Å². The van der Waals surface area contributed by atoms with Crippen LogP contribution in [0, 0.1) is 0 Å². The van der Waals surface area contributed by atoms with Crippen LogP contribution in [0.2, 0.25) is 0 Å². The molecule has 0 spiro atoms. The van der Waals surface area contributed by atoms with Gasteiger partial charge >= 0.3 is 0 Å². The Morgan fingerprint density at radius 1 is 1.55 bits per heavy atom. The molecule has 2 aliphatic rings. The Morgan fingerprint density at radius 2 is 2.25 bits per heavy atom. The number of allylic oxidation sites excluding steroid dienone is 2. The van der Waals surface area contributed by atoms with E-state index in [0.29, 0.717) is 16.5 Å². The Morgan fingerprint density at radius 3 is 2.80 bits per heavy atom. The third-order valence-corrected chi connectivity index (χ3v) is 3.43. The molecule has 1 aliphatic carbocycles. The smallest absolute Gasteiger partial charge is 0.277 e. The lowest BCUT2D eigenvalue weighted by Crippen LogP contribution is -2.42. The van der Waals surface area contributed by atoms with E-state index < -0.39 is 11.9 Å². The number of carbonyl (C=O) groups excluding carboxylic acids is 1. The molecule has 0 aromatic rings. The van der Waals surface area contributed by atoms with Crippen LogP contribution >= 0.6 is 0 Å². The highest BCUT2D eigenvalue weighted by atomic mass is 16.5. The number of hydroxylamine groups is 2. The summed E-state index contributed by atoms with van der Waals surface area (Å²) < 4.78 is 0. The highest BCUT2D eigenvalue weighted by molar-refractivity contribution is 5.96. The van der Waals surface area contributed by atoms with E-state index in [1.54, 1.807) is 13.0 Å². The number of amides is 1. The number of nitrogens with two attached hydrogens (primary N) is 2. The zero-order valence-corrected chi connectivity index (χ0v) is 11.6. The first-order valence-corrected chi connectivity index (χ1v) is 6.52. The normalized spacial score (nSPS) is 26.3. The van der Waals surface area contributed by atoms with E-state index in [1.807, 2.05) is 25.2 Å². The maximum atomic E-state index is 12.3. The Hall–Kier alpha value is -2.05. The molecule has 0 aromatic carbocycles. The molecule has 6 N–H and O–H groups in total. The standard InChI is InChI=1S/C14H20N4O2/c1-8-6-10(7-13(16)17-8)14(19)18(20)9(2)11-4-3-5-12(11)15/h3-9,12,17,20H,15-16H2,1-2H3/t8-,9?,12?/m0/s1. The molecular formula is C14H20N4O2. The Kier molecular flexibility index (Phi) is 3.96. The minimum atomic E-state index is -0.492. The van der Waals surface area contributed by atoms with Crippen LogP contribution in [-0.2, 0) is 4.79 Å².